The van der Waals surface area contributed by atoms with Gasteiger partial charge in [-0.3, -0.25) is 0 Å². The Morgan fingerprint density at radius 2 is 2.17 bits per heavy atom. The maximum absolute atomic E-state index is 12.0. The second kappa shape index (κ2) is 7.21. The van der Waals surface area contributed by atoms with E-state index in [1.54, 1.807) is 12.3 Å². The number of esters is 1. The number of anilines is 1. The molecule has 0 spiro atoms. The molecule has 0 aliphatic carbocycles. The number of hydrogen-bond acceptors (Lipinski definition) is 5. The predicted octanol–water partition coefficient (Wildman–Crippen LogP) is 3.60. The summed E-state index contributed by atoms with van der Waals surface area (Å²) in [6, 6.07) is 9.52. The lowest BCUT2D eigenvalue weighted by atomic mass is 10.1. The zero-order valence-electron chi connectivity index (χ0n) is 13.7. The van der Waals surface area contributed by atoms with Crippen molar-refractivity contribution in [3.63, 3.8) is 0 Å². The number of nitrogens with zero attached hydrogens (tertiary/aromatic N) is 2. The van der Waals surface area contributed by atoms with Crippen molar-refractivity contribution in [2.75, 3.05) is 25.1 Å². The van der Waals surface area contributed by atoms with Crippen LogP contribution in [0.25, 0.3) is 0 Å². The summed E-state index contributed by atoms with van der Waals surface area (Å²) in [5.74, 6) is 0.298. The van der Waals surface area contributed by atoms with Crippen molar-refractivity contribution in [3.05, 3.63) is 52.1 Å². The molecule has 0 amide bonds. The van der Waals surface area contributed by atoms with Gasteiger partial charge in [0.2, 0.25) is 5.88 Å². The van der Waals surface area contributed by atoms with Crippen LogP contribution in [0.5, 0.6) is 5.88 Å². The maximum atomic E-state index is 12.0. The van der Waals surface area contributed by atoms with Gasteiger partial charge in [0.15, 0.2) is 0 Å². The Morgan fingerprint density at radius 1 is 1.33 bits per heavy atom. The Morgan fingerprint density at radius 3 is 2.88 bits per heavy atom. The number of aryl methyl sites for hydroxylation is 1. The van der Waals surface area contributed by atoms with Crippen molar-refractivity contribution in [1.29, 1.82) is 0 Å². The Balaban J connectivity index is 1.73. The standard InChI is InChI=1S/C18H19BrN2O3/c1-12-3-6-17(20-10-12)24-14-7-8-21(11-14)16-5-4-13(19)9-15(16)18(22)23-2/h3-6,9-10,14H,7-8,11H2,1-2H3/t14-/m0/s1. The first-order chi connectivity index (χ1) is 11.6. The number of rotatable bonds is 4. The first-order valence-corrected chi connectivity index (χ1v) is 8.58. The lowest BCUT2D eigenvalue weighted by Gasteiger charge is -2.21. The summed E-state index contributed by atoms with van der Waals surface area (Å²) in [4.78, 5) is 18.5. The Labute approximate surface area is 149 Å². The van der Waals surface area contributed by atoms with Crippen molar-refractivity contribution in [1.82, 2.24) is 4.98 Å². The summed E-state index contributed by atoms with van der Waals surface area (Å²) in [5.41, 5.74) is 2.53. The van der Waals surface area contributed by atoms with Gasteiger partial charge in [0.05, 0.1) is 24.9 Å². The van der Waals surface area contributed by atoms with Gasteiger partial charge >= 0.3 is 5.97 Å². The molecule has 1 fully saturated rings. The van der Waals surface area contributed by atoms with Gasteiger partial charge in [0.25, 0.3) is 0 Å². The van der Waals surface area contributed by atoms with Crippen LogP contribution in [-0.2, 0) is 4.74 Å². The van der Waals surface area contributed by atoms with E-state index >= 15 is 0 Å². The average molecular weight is 391 g/mol. The van der Waals surface area contributed by atoms with Gasteiger partial charge in [-0.15, -0.1) is 0 Å². The minimum atomic E-state index is -0.337. The number of benzene rings is 1. The molecule has 24 heavy (non-hydrogen) atoms. The highest BCUT2D eigenvalue weighted by atomic mass is 79.9. The van der Waals surface area contributed by atoms with Crippen molar-refractivity contribution >= 4 is 27.6 Å². The number of halogens is 1. The Hall–Kier alpha value is -2.08. The highest BCUT2D eigenvalue weighted by Gasteiger charge is 2.27. The minimum Gasteiger partial charge on any atom is -0.472 e. The van der Waals surface area contributed by atoms with Gasteiger partial charge in [0.1, 0.15) is 6.10 Å². The molecule has 2 heterocycles. The normalized spacial score (nSPS) is 17.0. The molecule has 0 saturated carbocycles. The largest absolute Gasteiger partial charge is 0.472 e. The number of pyridine rings is 1. The molecular formula is C18H19BrN2O3. The first kappa shape index (κ1) is 16.8. The second-order valence-corrected chi connectivity index (χ2v) is 6.72. The van der Waals surface area contributed by atoms with Crippen LogP contribution in [0.15, 0.2) is 41.0 Å². The van der Waals surface area contributed by atoms with Crippen LogP contribution in [-0.4, -0.2) is 37.3 Å². The summed E-state index contributed by atoms with van der Waals surface area (Å²) in [6.07, 6.45) is 2.73. The summed E-state index contributed by atoms with van der Waals surface area (Å²) in [5, 5.41) is 0. The van der Waals surface area contributed by atoms with Crippen LogP contribution in [0, 0.1) is 6.92 Å². The van der Waals surface area contributed by atoms with E-state index in [2.05, 4.69) is 25.8 Å². The fraction of sp³-hybridized carbons (Fsp3) is 0.333. The Kier molecular flexibility index (Phi) is 5.04. The zero-order valence-corrected chi connectivity index (χ0v) is 15.2. The highest BCUT2D eigenvalue weighted by molar-refractivity contribution is 9.10. The van der Waals surface area contributed by atoms with Crippen molar-refractivity contribution < 1.29 is 14.3 Å². The molecule has 0 unspecified atom stereocenters. The monoisotopic (exact) mass is 390 g/mol. The molecule has 1 atom stereocenters. The number of carbonyl (C=O) groups is 1. The number of ether oxygens (including phenoxy) is 2. The highest BCUT2D eigenvalue weighted by Crippen LogP contribution is 2.29. The molecule has 0 N–H and O–H groups in total. The van der Waals surface area contributed by atoms with Crippen LogP contribution < -0.4 is 9.64 Å². The van der Waals surface area contributed by atoms with E-state index in [4.69, 9.17) is 9.47 Å². The van der Waals surface area contributed by atoms with Crippen molar-refractivity contribution in [3.8, 4) is 5.88 Å². The van der Waals surface area contributed by atoms with Crippen molar-refractivity contribution in [2.24, 2.45) is 0 Å². The van der Waals surface area contributed by atoms with Gasteiger partial charge < -0.3 is 14.4 Å². The SMILES string of the molecule is COC(=O)c1cc(Br)ccc1N1CC[C@H](Oc2ccc(C)cn2)C1. The molecule has 0 radical (unpaired) electrons. The van der Waals surface area contributed by atoms with E-state index in [9.17, 15) is 4.79 Å². The number of aromatic nitrogens is 1. The summed E-state index contributed by atoms with van der Waals surface area (Å²) in [7, 11) is 1.39. The fourth-order valence-corrected chi connectivity index (χ4v) is 3.16. The number of carbonyl (C=O) groups excluding carboxylic acids is 1. The minimum absolute atomic E-state index is 0.0503. The predicted molar refractivity (Wildman–Crippen MR) is 95.7 cm³/mol. The smallest absolute Gasteiger partial charge is 0.340 e. The number of hydrogen-bond donors (Lipinski definition) is 0. The summed E-state index contributed by atoms with van der Waals surface area (Å²) >= 11 is 3.41. The van der Waals surface area contributed by atoms with E-state index in [1.165, 1.54) is 7.11 Å². The first-order valence-electron chi connectivity index (χ1n) is 7.79. The van der Waals surface area contributed by atoms with Gasteiger partial charge in [0, 0.05) is 29.7 Å². The third kappa shape index (κ3) is 3.70. The van der Waals surface area contributed by atoms with E-state index in [-0.39, 0.29) is 12.1 Å². The molecular weight excluding hydrogens is 372 g/mol. The fourth-order valence-electron chi connectivity index (χ4n) is 2.80. The van der Waals surface area contributed by atoms with Gasteiger partial charge in [-0.1, -0.05) is 22.0 Å². The molecule has 5 nitrogen and oxygen atoms in total. The molecule has 1 saturated heterocycles. The van der Waals surface area contributed by atoms with E-state index in [0.29, 0.717) is 18.0 Å². The molecule has 6 heteroatoms. The molecule has 3 rings (SSSR count). The topological polar surface area (TPSA) is 51.7 Å². The van der Waals surface area contributed by atoms with Crippen LogP contribution in [0.3, 0.4) is 0 Å². The third-order valence-corrected chi connectivity index (χ3v) is 4.51. The van der Waals surface area contributed by atoms with Crippen LogP contribution in [0.1, 0.15) is 22.3 Å². The molecule has 2 aromatic rings. The van der Waals surface area contributed by atoms with Crippen LogP contribution in [0.2, 0.25) is 0 Å². The molecule has 0 bridgehead atoms. The van der Waals surface area contributed by atoms with Crippen LogP contribution >= 0.6 is 15.9 Å². The van der Waals surface area contributed by atoms with Gasteiger partial charge in [-0.05, 0) is 30.7 Å². The lowest BCUT2D eigenvalue weighted by Crippen LogP contribution is -2.26. The molecule has 1 aromatic carbocycles. The third-order valence-electron chi connectivity index (χ3n) is 4.02. The zero-order chi connectivity index (χ0) is 17.1. The Bertz CT molecular complexity index is 734. The van der Waals surface area contributed by atoms with Crippen LogP contribution in [0.4, 0.5) is 5.69 Å². The van der Waals surface area contributed by atoms with Gasteiger partial charge in [-0.25, -0.2) is 9.78 Å². The molecule has 1 aliphatic heterocycles. The molecule has 1 aliphatic rings. The van der Waals surface area contributed by atoms with Crippen molar-refractivity contribution in [2.45, 2.75) is 19.4 Å². The summed E-state index contributed by atoms with van der Waals surface area (Å²) in [6.45, 7) is 3.53. The second-order valence-electron chi connectivity index (χ2n) is 5.80. The summed E-state index contributed by atoms with van der Waals surface area (Å²) < 4.78 is 11.7. The van der Waals surface area contributed by atoms with E-state index < -0.39 is 0 Å². The average Bonchev–Trinajstić information content (AvgIpc) is 3.04. The molecule has 126 valence electrons. The quantitative estimate of drug-likeness (QED) is 0.746. The van der Waals surface area contributed by atoms with E-state index in [0.717, 1.165) is 28.7 Å². The number of methoxy groups -OCH3 is 1. The maximum Gasteiger partial charge on any atom is 0.340 e. The van der Waals surface area contributed by atoms with E-state index in [1.807, 2.05) is 31.2 Å². The lowest BCUT2D eigenvalue weighted by molar-refractivity contribution is 0.0601. The van der Waals surface area contributed by atoms with Gasteiger partial charge in [-0.2, -0.15) is 0 Å². The molecule has 1 aromatic heterocycles.